The average molecular weight is 279 g/mol. The smallest absolute Gasteiger partial charge is 0.351 e. The maximum Gasteiger partial charge on any atom is 0.351 e. The van der Waals surface area contributed by atoms with Crippen molar-refractivity contribution in [2.75, 3.05) is 38.8 Å². The Morgan fingerprint density at radius 2 is 2.24 bits per heavy atom. The quantitative estimate of drug-likeness (QED) is 0.746. The molecular formula is C10H15ClN2O3S. The molecule has 0 N–H and O–H groups in total. The molecule has 0 fully saturated rings. The SMILES string of the molecule is CCN(CCOC)c1nc(Cl)c(C(=O)OC)s1. The van der Waals surface area contributed by atoms with Gasteiger partial charge in [0, 0.05) is 20.2 Å². The Balaban J connectivity index is 2.86. The number of hydrogen-bond acceptors (Lipinski definition) is 6. The number of rotatable bonds is 6. The Bertz CT molecular complexity index is 384. The third-order valence-electron chi connectivity index (χ3n) is 2.16. The molecule has 0 aliphatic heterocycles. The molecule has 0 atom stereocenters. The fourth-order valence-electron chi connectivity index (χ4n) is 1.24. The number of esters is 1. The third kappa shape index (κ3) is 3.55. The van der Waals surface area contributed by atoms with E-state index >= 15 is 0 Å². The molecule has 1 rings (SSSR count). The van der Waals surface area contributed by atoms with Crippen molar-refractivity contribution in [2.45, 2.75) is 6.92 Å². The lowest BCUT2D eigenvalue weighted by Gasteiger charge is -2.18. The standard InChI is InChI=1S/C10H15ClN2O3S/c1-4-13(5-6-15-2)10-12-8(11)7(17-10)9(14)16-3/h4-6H2,1-3H3. The molecule has 7 heteroatoms. The monoisotopic (exact) mass is 278 g/mol. The summed E-state index contributed by atoms with van der Waals surface area (Å²) in [4.78, 5) is 17.9. The van der Waals surface area contributed by atoms with Gasteiger partial charge in [0.1, 0.15) is 0 Å². The Morgan fingerprint density at radius 1 is 1.53 bits per heavy atom. The van der Waals surface area contributed by atoms with Gasteiger partial charge in [-0.05, 0) is 6.92 Å². The van der Waals surface area contributed by atoms with Crippen molar-refractivity contribution in [3.8, 4) is 0 Å². The highest BCUT2D eigenvalue weighted by molar-refractivity contribution is 7.18. The summed E-state index contributed by atoms with van der Waals surface area (Å²) in [6.45, 7) is 4.08. The number of carbonyl (C=O) groups is 1. The number of ether oxygens (including phenoxy) is 2. The zero-order chi connectivity index (χ0) is 12.8. The van der Waals surface area contributed by atoms with Gasteiger partial charge in [-0.1, -0.05) is 22.9 Å². The van der Waals surface area contributed by atoms with Gasteiger partial charge in [-0.25, -0.2) is 9.78 Å². The molecule has 0 bridgehead atoms. The van der Waals surface area contributed by atoms with Gasteiger partial charge in [-0.15, -0.1) is 0 Å². The Hall–Kier alpha value is -0.850. The molecule has 5 nitrogen and oxygen atoms in total. The molecule has 0 saturated carbocycles. The van der Waals surface area contributed by atoms with Gasteiger partial charge in [0.15, 0.2) is 15.2 Å². The number of halogens is 1. The molecule has 17 heavy (non-hydrogen) atoms. The highest BCUT2D eigenvalue weighted by Gasteiger charge is 2.19. The van der Waals surface area contributed by atoms with Crippen molar-refractivity contribution in [3.63, 3.8) is 0 Å². The van der Waals surface area contributed by atoms with E-state index < -0.39 is 5.97 Å². The number of methoxy groups -OCH3 is 2. The van der Waals surface area contributed by atoms with E-state index in [-0.39, 0.29) is 5.15 Å². The summed E-state index contributed by atoms with van der Waals surface area (Å²) >= 11 is 7.12. The highest BCUT2D eigenvalue weighted by Crippen LogP contribution is 2.29. The van der Waals surface area contributed by atoms with Gasteiger partial charge in [0.05, 0.1) is 13.7 Å². The summed E-state index contributed by atoms with van der Waals surface area (Å²) in [5.41, 5.74) is 0. The molecule has 0 saturated heterocycles. The number of aromatic nitrogens is 1. The Labute approximate surface area is 109 Å². The Kier molecular flexibility index (Phi) is 5.67. The largest absolute Gasteiger partial charge is 0.465 e. The maximum atomic E-state index is 11.4. The van der Waals surface area contributed by atoms with Crippen molar-refractivity contribution >= 4 is 34.0 Å². The molecule has 0 aliphatic rings. The van der Waals surface area contributed by atoms with Crippen LogP contribution in [0.4, 0.5) is 5.13 Å². The highest BCUT2D eigenvalue weighted by atomic mass is 35.5. The number of thiazole rings is 1. The van der Waals surface area contributed by atoms with Gasteiger partial charge < -0.3 is 14.4 Å². The second-order valence-electron chi connectivity index (χ2n) is 3.18. The molecular weight excluding hydrogens is 264 g/mol. The van der Waals surface area contributed by atoms with Gasteiger partial charge in [0.2, 0.25) is 0 Å². The van der Waals surface area contributed by atoms with Crippen LogP contribution in [0.5, 0.6) is 0 Å². The van der Waals surface area contributed by atoms with Gasteiger partial charge >= 0.3 is 5.97 Å². The molecule has 0 spiro atoms. The second-order valence-corrected chi connectivity index (χ2v) is 4.52. The van der Waals surface area contributed by atoms with Crippen molar-refractivity contribution in [3.05, 3.63) is 10.0 Å². The van der Waals surface area contributed by atoms with Crippen molar-refractivity contribution in [2.24, 2.45) is 0 Å². The lowest BCUT2D eigenvalue weighted by molar-refractivity contribution is 0.0606. The number of likely N-dealkylation sites (N-methyl/N-ethyl adjacent to an activating group) is 1. The van der Waals surface area contributed by atoms with Crippen LogP contribution in [-0.2, 0) is 9.47 Å². The number of hydrogen-bond donors (Lipinski definition) is 0. The first-order valence-corrected chi connectivity index (χ1v) is 6.32. The molecule has 1 aromatic rings. The van der Waals surface area contributed by atoms with Crippen LogP contribution < -0.4 is 4.90 Å². The minimum absolute atomic E-state index is 0.188. The molecule has 0 aliphatic carbocycles. The van der Waals surface area contributed by atoms with E-state index in [0.29, 0.717) is 23.2 Å². The topological polar surface area (TPSA) is 51.7 Å². The first-order chi connectivity index (χ1) is 8.13. The van der Waals surface area contributed by atoms with E-state index in [1.807, 2.05) is 11.8 Å². The molecule has 96 valence electrons. The molecule has 0 radical (unpaired) electrons. The van der Waals surface area contributed by atoms with Gasteiger partial charge in [0.25, 0.3) is 0 Å². The number of anilines is 1. The van der Waals surface area contributed by atoms with E-state index in [2.05, 4.69) is 9.72 Å². The van der Waals surface area contributed by atoms with Crippen molar-refractivity contribution in [1.82, 2.24) is 4.98 Å². The summed E-state index contributed by atoms with van der Waals surface area (Å²) in [6.07, 6.45) is 0. The van der Waals surface area contributed by atoms with E-state index in [9.17, 15) is 4.79 Å². The fourth-order valence-corrected chi connectivity index (χ4v) is 2.52. The predicted molar refractivity (Wildman–Crippen MR) is 68.2 cm³/mol. The first-order valence-electron chi connectivity index (χ1n) is 5.12. The van der Waals surface area contributed by atoms with Crippen LogP contribution in [0.15, 0.2) is 0 Å². The maximum absolute atomic E-state index is 11.4. The normalized spacial score (nSPS) is 10.4. The van der Waals surface area contributed by atoms with Crippen LogP contribution in [0.1, 0.15) is 16.6 Å². The summed E-state index contributed by atoms with van der Waals surface area (Å²) < 4.78 is 9.64. The van der Waals surface area contributed by atoms with E-state index in [1.165, 1.54) is 18.4 Å². The molecule has 1 heterocycles. The fraction of sp³-hybridized carbons (Fsp3) is 0.600. The molecule has 0 unspecified atom stereocenters. The summed E-state index contributed by atoms with van der Waals surface area (Å²) in [7, 11) is 2.96. The average Bonchev–Trinajstić information content (AvgIpc) is 2.71. The van der Waals surface area contributed by atoms with Crippen LogP contribution in [0.25, 0.3) is 0 Å². The van der Waals surface area contributed by atoms with E-state index in [0.717, 1.165) is 6.54 Å². The Morgan fingerprint density at radius 3 is 2.76 bits per heavy atom. The zero-order valence-electron chi connectivity index (χ0n) is 10.0. The van der Waals surface area contributed by atoms with E-state index in [4.69, 9.17) is 16.3 Å². The van der Waals surface area contributed by atoms with Crippen LogP contribution in [0.2, 0.25) is 5.15 Å². The predicted octanol–water partition coefficient (Wildman–Crippen LogP) is 2.06. The summed E-state index contributed by atoms with van der Waals surface area (Å²) in [5, 5.41) is 0.891. The third-order valence-corrected chi connectivity index (χ3v) is 3.64. The lowest BCUT2D eigenvalue weighted by atomic mass is 10.5. The van der Waals surface area contributed by atoms with Crippen LogP contribution >= 0.6 is 22.9 Å². The number of carbonyl (C=O) groups excluding carboxylic acids is 1. The van der Waals surface area contributed by atoms with Crippen LogP contribution in [-0.4, -0.2) is 44.9 Å². The zero-order valence-corrected chi connectivity index (χ0v) is 11.6. The van der Waals surface area contributed by atoms with Gasteiger partial charge in [-0.3, -0.25) is 0 Å². The second kappa shape index (κ2) is 6.78. The first kappa shape index (κ1) is 14.2. The minimum Gasteiger partial charge on any atom is -0.465 e. The molecule has 0 amide bonds. The lowest BCUT2D eigenvalue weighted by Crippen LogP contribution is -2.26. The van der Waals surface area contributed by atoms with Crippen LogP contribution in [0.3, 0.4) is 0 Å². The molecule has 0 aromatic carbocycles. The van der Waals surface area contributed by atoms with Crippen molar-refractivity contribution in [1.29, 1.82) is 0 Å². The summed E-state index contributed by atoms with van der Waals surface area (Å²) in [5.74, 6) is -0.457. The molecule has 1 aromatic heterocycles. The summed E-state index contributed by atoms with van der Waals surface area (Å²) in [6, 6.07) is 0. The van der Waals surface area contributed by atoms with Crippen LogP contribution in [0, 0.1) is 0 Å². The number of nitrogens with zero attached hydrogens (tertiary/aromatic N) is 2. The van der Waals surface area contributed by atoms with Gasteiger partial charge in [-0.2, -0.15) is 0 Å². The van der Waals surface area contributed by atoms with Crippen molar-refractivity contribution < 1.29 is 14.3 Å². The van der Waals surface area contributed by atoms with E-state index in [1.54, 1.807) is 7.11 Å². The minimum atomic E-state index is -0.457.